The lowest BCUT2D eigenvalue weighted by Crippen LogP contribution is -2.29. The number of hydrogen-bond donors (Lipinski definition) is 2. The van der Waals surface area contributed by atoms with Gasteiger partial charge in [-0.15, -0.1) is 0 Å². The summed E-state index contributed by atoms with van der Waals surface area (Å²) >= 11 is 5.99. The minimum Gasteiger partial charge on any atom is -0.369 e. The minimum atomic E-state index is -3.61. The van der Waals surface area contributed by atoms with Crippen molar-refractivity contribution >= 4 is 33.3 Å². The van der Waals surface area contributed by atoms with Crippen LogP contribution in [0.1, 0.15) is 11.4 Å². The maximum Gasteiger partial charge on any atom is 0.240 e. The van der Waals surface area contributed by atoms with Crippen LogP contribution < -0.4 is 14.9 Å². The van der Waals surface area contributed by atoms with E-state index in [9.17, 15) is 8.42 Å². The minimum absolute atomic E-state index is 0.188. The summed E-state index contributed by atoms with van der Waals surface area (Å²) in [5.74, 6) is 2.07. The Bertz CT molecular complexity index is 856. The summed E-state index contributed by atoms with van der Waals surface area (Å²) in [6, 6.07) is 6.63. The molecule has 0 bridgehead atoms. The second-order valence-corrected chi connectivity index (χ2v) is 7.88. The monoisotopic (exact) mass is 383 g/mol. The molecule has 25 heavy (non-hydrogen) atoms. The molecule has 0 unspecified atom stereocenters. The molecule has 2 N–H and O–H groups in total. The molecule has 1 aromatic heterocycles. The Morgan fingerprint density at radius 1 is 1.16 bits per heavy atom. The molecule has 2 aromatic rings. The molecule has 0 aliphatic carbocycles. The van der Waals surface area contributed by atoms with E-state index in [1.54, 1.807) is 19.1 Å². The van der Waals surface area contributed by atoms with Crippen molar-refractivity contribution < 1.29 is 8.42 Å². The molecule has 0 spiro atoms. The van der Waals surface area contributed by atoms with E-state index in [-0.39, 0.29) is 11.4 Å². The number of rotatable bonds is 7. The molecular formula is C16H22ClN5O2S. The molecule has 2 rings (SSSR count). The van der Waals surface area contributed by atoms with Gasteiger partial charge in [0.2, 0.25) is 10.0 Å². The second-order valence-electron chi connectivity index (χ2n) is 5.74. The molecule has 0 fully saturated rings. The Morgan fingerprint density at radius 3 is 2.56 bits per heavy atom. The summed E-state index contributed by atoms with van der Waals surface area (Å²) in [5.41, 5.74) is 0.534. The van der Waals surface area contributed by atoms with E-state index >= 15 is 0 Å². The van der Waals surface area contributed by atoms with Crippen molar-refractivity contribution in [1.82, 2.24) is 14.7 Å². The Hall–Kier alpha value is -1.90. The summed E-state index contributed by atoms with van der Waals surface area (Å²) in [6.45, 7) is 4.10. The number of anilines is 2. The van der Waals surface area contributed by atoms with Gasteiger partial charge in [0.25, 0.3) is 0 Å². The zero-order valence-electron chi connectivity index (χ0n) is 14.7. The fourth-order valence-electron chi connectivity index (χ4n) is 2.20. The summed E-state index contributed by atoms with van der Waals surface area (Å²) in [4.78, 5) is 10.7. The topological polar surface area (TPSA) is 87.2 Å². The zero-order valence-corrected chi connectivity index (χ0v) is 16.2. The van der Waals surface area contributed by atoms with Crippen molar-refractivity contribution in [3.8, 4) is 0 Å². The first-order chi connectivity index (χ1) is 11.7. The van der Waals surface area contributed by atoms with Gasteiger partial charge >= 0.3 is 0 Å². The van der Waals surface area contributed by atoms with Crippen molar-refractivity contribution in [2.24, 2.45) is 0 Å². The van der Waals surface area contributed by atoms with E-state index in [0.29, 0.717) is 28.8 Å². The quantitative estimate of drug-likeness (QED) is 0.713. The number of hydrogen-bond acceptors (Lipinski definition) is 6. The SMILES string of the molecule is Cc1nc(NCCNS(=O)(=O)c2cccc(Cl)c2C)cc(N(C)C)n1. The molecule has 1 aromatic carbocycles. The van der Waals surface area contributed by atoms with Gasteiger partial charge in [-0.1, -0.05) is 17.7 Å². The standard InChI is InChI=1S/C16H22ClN5O2S/c1-11-13(17)6-5-7-14(11)25(23,24)19-9-8-18-15-10-16(22(3)4)21-12(2)20-15/h5-7,10,19H,8-9H2,1-4H3,(H,18,20,21). The molecule has 7 nitrogen and oxygen atoms in total. The average Bonchev–Trinajstić information content (AvgIpc) is 2.53. The van der Waals surface area contributed by atoms with Crippen molar-refractivity contribution in [2.45, 2.75) is 18.7 Å². The van der Waals surface area contributed by atoms with Gasteiger partial charge in [0.1, 0.15) is 17.5 Å². The largest absolute Gasteiger partial charge is 0.369 e. The maximum absolute atomic E-state index is 12.4. The molecule has 136 valence electrons. The van der Waals surface area contributed by atoms with Crippen LogP contribution in [0.15, 0.2) is 29.2 Å². The van der Waals surface area contributed by atoms with Gasteiger partial charge in [0, 0.05) is 38.3 Å². The number of benzene rings is 1. The van der Waals surface area contributed by atoms with Gasteiger partial charge in [0.15, 0.2) is 0 Å². The van der Waals surface area contributed by atoms with Crippen LogP contribution in [-0.4, -0.2) is 45.6 Å². The fraction of sp³-hybridized carbons (Fsp3) is 0.375. The number of aryl methyl sites for hydroxylation is 1. The third-order valence-corrected chi connectivity index (χ3v) is 5.53. The lowest BCUT2D eigenvalue weighted by atomic mass is 10.2. The highest BCUT2D eigenvalue weighted by atomic mass is 35.5. The Labute approximate surface area is 153 Å². The summed E-state index contributed by atoms with van der Waals surface area (Å²) in [7, 11) is 0.179. The Balaban J connectivity index is 1.98. The van der Waals surface area contributed by atoms with Crippen LogP contribution in [0, 0.1) is 13.8 Å². The highest BCUT2D eigenvalue weighted by molar-refractivity contribution is 7.89. The summed E-state index contributed by atoms with van der Waals surface area (Å²) < 4.78 is 27.3. The lowest BCUT2D eigenvalue weighted by Gasteiger charge is -2.14. The van der Waals surface area contributed by atoms with Crippen molar-refractivity contribution in [3.05, 3.63) is 40.7 Å². The number of halogens is 1. The van der Waals surface area contributed by atoms with Crippen LogP contribution in [0.3, 0.4) is 0 Å². The molecule has 0 aliphatic rings. The van der Waals surface area contributed by atoms with E-state index in [1.165, 1.54) is 6.07 Å². The van der Waals surface area contributed by atoms with Gasteiger partial charge in [0.05, 0.1) is 4.90 Å². The Morgan fingerprint density at radius 2 is 1.88 bits per heavy atom. The van der Waals surface area contributed by atoms with Crippen LogP contribution >= 0.6 is 11.6 Å². The van der Waals surface area contributed by atoms with Crippen LogP contribution in [0.5, 0.6) is 0 Å². The average molecular weight is 384 g/mol. The van der Waals surface area contributed by atoms with Crippen LogP contribution in [0.2, 0.25) is 5.02 Å². The number of nitrogens with one attached hydrogen (secondary N) is 2. The first kappa shape index (κ1) is 19.4. The van der Waals surface area contributed by atoms with Gasteiger partial charge in [-0.2, -0.15) is 0 Å². The van der Waals surface area contributed by atoms with Crippen LogP contribution in [-0.2, 0) is 10.0 Å². The third-order valence-electron chi connectivity index (χ3n) is 3.51. The Kier molecular flexibility index (Phi) is 6.21. The molecule has 0 atom stereocenters. The van der Waals surface area contributed by atoms with Crippen LogP contribution in [0.25, 0.3) is 0 Å². The molecule has 9 heteroatoms. The highest BCUT2D eigenvalue weighted by Gasteiger charge is 2.17. The molecule has 0 saturated heterocycles. The smallest absolute Gasteiger partial charge is 0.240 e. The molecule has 0 aliphatic heterocycles. The summed E-state index contributed by atoms with van der Waals surface area (Å²) in [6.07, 6.45) is 0. The third kappa shape index (κ3) is 5.04. The normalized spacial score (nSPS) is 11.4. The van der Waals surface area contributed by atoms with Crippen molar-refractivity contribution in [2.75, 3.05) is 37.4 Å². The maximum atomic E-state index is 12.4. The molecule has 0 amide bonds. The first-order valence-corrected chi connectivity index (χ1v) is 9.58. The van der Waals surface area contributed by atoms with Crippen molar-refractivity contribution in [1.29, 1.82) is 0 Å². The van der Waals surface area contributed by atoms with Gasteiger partial charge in [-0.3, -0.25) is 0 Å². The number of sulfonamides is 1. The van der Waals surface area contributed by atoms with Gasteiger partial charge < -0.3 is 10.2 Å². The molecule has 1 heterocycles. The van der Waals surface area contributed by atoms with Gasteiger partial charge in [-0.05, 0) is 31.5 Å². The van der Waals surface area contributed by atoms with E-state index in [2.05, 4.69) is 20.0 Å². The van der Waals surface area contributed by atoms with Crippen LogP contribution in [0.4, 0.5) is 11.6 Å². The molecule has 0 radical (unpaired) electrons. The van der Waals surface area contributed by atoms with E-state index < -0.39 is 10.0 Å². The number of nitrogens with zero attached hydrogens (tertiary/aromatic N) is 3. The second kappa shape index (κ2) is 7.99. The first-order valence-electron chi connectivity index (χ1n) is 7.72. The predicted octanol–water partition coefficient (Wildman–Crippen LogP) is 2.20. The predicted molar refractivity (Wildman–Crippen MR) is 101 cm³/mol. The van der Waals surface area contributed by atoms with E-state index in [0.717, 1.165) is 5.82 Å². The van der Waals surface area contributed by atoms with E-state index in [4.69, 9.17) is 11.6 Å². The van der Waals surface area contributed by atoms with E-state index in [1.807, 2.05) is 32.0 Å². The fourth-order valence-corrected chi connectivity index (χ4v) is 3.73. The zero-order chi connectivity index (χ0) is 18.6. The molecule has 0 saturated carbocycles. The van der Waals surface area contributed by atoms with Crippen molar-refractivity contribution in [3.63, 3.8) is 0 Å². The van der Waals surface area contributed by atoms with Gasteiger partial charge in [-0.25, -0.2) is 23.1 Å². The highest BCUT2D eigenvalue weighted by Crippen LogP contribution is 2.22. The number of aromatic nitrogens is 2. The summed E-state index contributed by atoms with van der Waals surface area (Å²) in [5, 5.41) is 3.52. The lowest BCUT2D eigenvalue weighted by molar-refractivity contribution is 0.582. The molecular weight excluding hydrogens is 362 g/mol.